The first-order valence-corrected chi connectivity index (χ1v) is 8.61. The Hall–Kier alpha value is -0.810. The predicted molar refractivity (Wildman–Crippen MR) is 104 cm³/mol. The molecule has 2 N–H and O–H groups in total. The van der Waals surface area contributed by atoms with Crippen molar-refractivity contribution in [3.8, 4) is 0 Å². The first kappa shape index (κ1) is 21.2. The SMILES string of the molecule is Cl.Cl.O=C(CNCC1CC1)Nc1cccc(CN2CCCCC2)c1. The third-order valence-electron chi connectivity index (χ3n) is 4.48. The van der Waals surface area contributed by atoms with E-state index in [0.717, 1.165) is 24.7 Å². The summed E-state index contributed by atoms with van der Waals surface area (Å²) in [5, 5.41) is 6.22. The number of piperidine rings is 1. The number of rotatable bonds is 7. The Morgan fingerprint density at radius 1 is 1.12 bits per heavy atom. The highest BCUT2D eigenvalue weighted by Gasteiger charge is 2.20. The lowest BCUT2D eigenvalue weighted by molar-refractivity contribution is -0.115. The summed E-state index contributed by atoms with van der Waals surface area (Å²) in [7, 11) is 0. The van der Waals surface area contributed by atoms with Gasteiger partial charge < -0.3 is 10.6 Å². The van der Waals surface area contributed by atoms with Crippen molar-refractivity contribution < 1.29 is 4.79 Å². The normalized spacial score (nSPS) is 17.5. The molecule has 1 saturated carbocycles. The summed E-state index contributed by atoms with van der Waals surface area (Å²) >= 11 is 0. The van der Waals surface area contributed by atoms with E-state index in [4.69, 9.17) is 0 Å². The van der Waals surface area contributed by atoms with Crippen LogP contribution in [0.25, 0.3) is 0 Å². The molecule has 4 nitrogen and oxygen atoms in total. The fourth-order valence-electron chi connectivity index (χ4n) is 3.04. The molecule has 6 heteroatoms. The van der Waals surface area contributed by atoms with Crippen molar-refractivity contribution in [2.75, 3.05) is 31.5 Å². The van der Waals surface area contributed by atoms with Gasteiger partial charge in [0.2, 0.25) is 5.91 Å². The Labute approximate surface area is 157 Å². The first-order valence-electron chi connectivity index (χ1n) is 8.61. The van der Waals surface area contributed by atoms with E-state index >= 15 is 0 Å². The van der Waals surface area contributed by atoms with Crippen LogP contribution in [0, 0.1) is 5.92 Å². The molecule has 0 radical (unpaired) electrons. The maximum absolute atomic E-state index is 11.9. The summed E-state index contributed by atoms with van der Waals surface area (Å²) in [6.45, 7) is 4.77. The fraction of sp³-hybridized carbons (Fsp3) is 0.611. The molecule has 0 aromatic heterocycles. The summed E-state index contributed by atoms with van der Waals surface area (Å²) < 4.78 is 0. The van der Waals surface area contributed by atoms with Crippen molar-refractivity contribution in [1.29, 1.82) is 0 Å². The zero-order chi connectivity index (χ0) is 15.2. The molecule has 136 valence electrons. The fourth-order valence-corrected chi connectivity index (χ4v) is 3.04. The van der Waals surface area contributed by atoms with E-state index in [1.807, 2.05) is 12.1 Å². The highest BCUT2D eigenvalue weighted by Crippen LogP contribution is 2.27. The molecule has 0 atom stereocenters. The average molecular weight is 374 g/mol. The van der Waals surface area contributed by atoms with Crippen LogP contribution in [0.3, 0.4) is 0 Å². The number of amides is 1. The van der Waals surface area contributed by atoms with Gasteiger partial charge in [0.15, 0.2) is 0 Å². The van der Waals surface area contributed by atoms with Crippen molar-refractivity contribution in [1.82, 2.24) is 10.2 Å². The van der Waals surface area contributed by atoms with Crippen molar-refractivity contribution in [2.24, 2.45) is 5.92 Å². The van der Waals surface area contributed by atoms with Gasteiger partial charge in [0.05, 0.1) is 6.54 Å². The Kier molecular flexibility index (Phi) is 9.67. The van der Waals surface area contributed by atoms with E-state index in [-0.39, 0.29) is 30.7 Å². The highest BCUT2D eigenvalue weighted by molar-refractivity contribution is 5.92. The van der Waals surface area contributed by atoms with Crippen LogP contribution in [0.4, 0.5) is 5.69 Å². The topological polar surface area (TPSA) is 44.4 Å². The van der Waals surface area contributed by atoms with Crippen LogP contribution in [-0.4, -0.2) is 37.0 Å². The molecule has 2 aliphatic rings. The Bertz CT molecular complexity index is 503. The highest BCUT2D eigenvalue weighted by atomic mass is 35.5. The Balaban J connectivity index is 0.00000144. The number of carbonyl (C=O) groups is 1. The molecule has 1 saturated heterocycles. The molecule has 24 heavy (non-hydrogen) atoms. The van der Waals surface area contributed by atoms with Gasteiger partial charge in [-0.15, -0.1) is 24.8 Å². The average Bonchev–Trinajstić information content (AvgIpc) is 3.33. The lowest BCUT2D eigenvalue weighted by Crippen LogP contribution is -2.30. The second kappa shape index (κ2) is 10.9. The molecule has 2 fully saturated rings. The van der Waals surface area contributed by atoms with Gasteiger partial charge in [-0.25, -0.2) is 0 Å². The number of nitrogens with one attached hydrogen (secondary N) is 2. The van der Waals surface area contributed by atoms with Crippen LogP contribution in [0.2, 0.25) is 0 Å². The van der Waals surface area contributed by atoms with Crippen LogP contribution in [0.1, 0.15) is 37.7 Å². The van der Waals surface area contributed by atoms with E-state index in [1.165, 1.54) is 50.8 Å². The van der Waals surface area contributed by atoms with Gasteiger partial charge >= 0.3 is 0 Å². The van der Waals surface area contributed by atoms with Crippen molar-refractivity contribution in [3.63, 3.8) is 0 Å². The van der Waals surface area contributed by atoms with Crippen LogP contribution >= 0.6 is 24.8 Å². The predicted octanol–water partition coefficient (Wildman–Crippen LogP) is 3.45. The zero-order valence-electron chi connectivity index (χ0n) is 14.1. The van der Waals surface area contributed by atoms with Gasteiger partial charge in [0.1, 0.15) is 0 Å². The second-order valence-corrected chi connectivity index (χ2v) is 6.66. The van der Waals surface area contributed by atoms with E-state index in [9.17, 15) is 4.79 Å². The number of hydrogen-bond donors (Lipinski definition) is 2. The third-order valence-corrected chi connectivity index (χ3v) is 4.48. The standard InChI is InChI=1S/C18H27N3O.2ClH/c22-18(13-19-12-15-7-8-15)20-17-6-4-5-16(11-17)14-21-9-2-1-3-10-21;;/h4-6,11,15,19H,1-3,7-10,12-14H2,(H,20,22);2*1H. The Morgan fingerprint density at radius 2 is 1.88 bits per heavy atom. The molecule has 1 heterocycles. The van der Waals surface area contributed by atoms with Crippen LogP contribution in [0.15, 0.2) is 24.3 Å². The van der Waals surface area contributed by atoms with Crippen LogP contribution in [-0.2, 0) is 11.3 Å². The number of anilines is 1. The summed E-state index contributed by atoms with van der Waals surface area (Å²) in [6, 6.07) is 8.26. The van der Waals surface area contributed by atoms with Crippen LogP contribution < -0.4 is 10.6 Å². The third kappa shape index (κ3) is 7.39. The molecule has 1 aromatic rings. The minimum absolute atomic E-state index is 0. The molecule has 1 aliphatic heterocycles. The van der Waals surface area contributed by atoms with Crippen molar-refractivity contribution >= 4 is 36.4 Å². The van der Waals surface area contributed by atoms with Crippen molar-refractivity contribution in [2.45, 2.75) is 38.6 Å². The molecule has 3 rings (SSSR count). The molecule has 1 aromatic carbocycles. The minimum atomic E-state index is 0. The monoisotopic (exact) mass is 373 g/mol. The van der Waals surface area contributed by atoms with Gasteiger partial charge in [-0.3, -0.25) is 9.69 Å². The van der Waals surface area contributed by atoms with Gasteiger partial charge in [-0.1, -0.05) is 18.6 Å². The molecule has 0 spiro atoms. The number of carbonyl (C=O) groups excluding carboxylic acids is 1. The number of likely N-dealkylation sites (tertiary alicyclic amines) is 1. The number of halogens is 2. The molecule has 1 aliphatic carbocycles. The minimum Gasteiger partial charge on any atom is -0.325 e. The summed E-state index contributed by atoms with van der Waals surface area (Å²) in [5.41, 5.74) is 2.19. The molecule has 1 amide bonds. The Morgan fingerprint density at radius 3 is 2.58 bits per heavy atom. The number of nitrogens with zero attached hydrogens (tertiary/aromatic N) is 1. The van der Waals surface area contributed by atoms with E-state index < -0.39 is 0 Å². The zero-order valence-corrected chi connectivity index (χ0v) is 15.8. The van der Waals surface area contributed by atoms with Crippen molar-refractivity contribution in [3.05, 3.63) is 29.8 Å². The molecular weight excluding hydrogens is 345 g/mol. The van der Waals surface area contributed by atoms with E-state index in [0.29, 0.717) is 6.54 Å². The van der Waals surface area contributed by atoms with Crippen LogP contribution in [0.5, 0.6) is 0 Å². The molecular formula is C18H29Cl2N3O. The number of hydrogen-bond acceptors (Lipinski definition) is 3. The molecule has 0 bridgehead atoms. The largest absolute Gasteiger partial charge is 0.325 e. The summed E-state index contributed by atoms with van der Waals surface area (Å²) in [5.74, 6) is 0.858. The maximum Gasteiger partial charge on any atom is 0.238 e. The second-order valence-electron chi connectivity index (χ2n) is 6.66. The smallest absolute Gasteiger partial charge is 0.238 e. The van der Waals surface area contributed by atoms with Gasteiger partial charge in [0, 0.05) is 12.2 Å². The summed E-state index contributed by atoms with van der Waals surface area (Å²) in [4.78, 5) is 14.4. The van der Waals surface area contributed by atoms with Gasteiger partial charge in [-0.2, -0.15) is 0 Å². The number of benzene rings is 1. The maximum atomic E-state index is 11.9. The van der Waals surface area contributed by atoms with E-state index in [1.54, 1.807) is 0 Å². The van der Waals surface area contributed by atoms with Gasteiger partial charge in [-0.05, 0) is 68.9 Å². The molecule has 0 unspecified atom stereocenters. The lowest BCUT2D eigenvalue weighted by atomic mass is 10.1. The van der Waals surface area contributed by atoms with Gasteiger partial charge in [0.25, 0.3) is 0 Å². The summed E-state index contributed by atoms with van der Waals surface area (Å²) in [6.07, 6.45) is 6.60. The lowest BCUT2D eigenvalue weighted by Gasteiger charge is -2.26. The van der Waals surface area contributed by atoms with E-state index in [2.05, 4.69) is 27.7 Å². The quantitative estimate of drug-likeness (QED) is 0.768. The first-order chi connectivity index (χ1) is 10.8.